The smallest absolute Gasteiger partial charge is 0.263 e. The number of carbonyl (C=O) groups excluding carboxylic acids is 1. The third-order valence-corrected chi connectivity index (χ3v) is 2.15. The van der Waals surface area contributed by atoms with Gasteiger partial charge < -0.3 is 10.5 Å². The minimum absolute atomic E-state index is 0.0929. The highest BCUT2D eigenvalue weighted by Gasteiger charge is 2.18. The molecule has 0 spiro atoms. The summed E-state index contributed by atoms with van der Waals surface area (Å²) in [5, 5.41) is 0. The molecular formula is C11H13F2NO2. The monoisotopic (exact) mass is 229 g/mol. The Balaban J connectivity index is 3.22. The van der Waals surface area contributed by atoms with E-state index in [1.54, 1.807) is 0 Å². The van der Waals surface area contributed by atoms with E-state index in [1.165, 1.54) is 26.2 Å². The second-order valence-electron chi connectivity index (χ2n) is 3.41. The summed E-state index contributed by atoms with van der Waals surface area (Å²) < 4.78 is 29.9. The SMILES string of the molecule is COc1ccc(C(F)F)cc1C(=O)C(C)N. The molecule has 0 aliphatic rings. The number of rotatable bonds is 4. The molecule has 1 unspecified atom stereocenters. The van der Waals surface area contributed by atoms with Crippen molar-refractivity contribution in [2.75, 3.05) is 7.11 Å². The Hall–Kier alpha value is -1.49. The lowest BCUT2D eigenvalue weighted by Crippen LogP contribution is -2.27. The maximum Gasteiger partial charge on any atom is 0.263 e. The van der Waals surface area contributed by atoms with Gasteiger partial charge in [0.1, 0.15) is 5.75 Å². The fourth-order valence-corrected chi connectivity index (χ4v) is 1.30. The summed E-state index contributed by atoms with van der Waals surface area (Å²) in [7, 11) is 1.37. The fraction of sp³-hybridized carbons (Fsp3) is 0.364. The Labute approximate surface area is 92.2 Å². The van der Waals surface area contributed by atoms with Crippen molar-refractivity contribution in [1.82, 2.24) is 0 Å². The number of carbonyl (C=O) groups is 1. The van der Waals surface area contributed by atoms with Crippen LogP contribution in [-0.2, 0) is 0 Å². The first-order valence-electron chi connectivity index (χ1n) is 4.73. The lowest BCUT2D eigenvalue weighted by molar-refractivity contribution is 0.0964. The molecule has 0 aromatic heterocycles. The Morgan fingerprint density at radius 3 is 2.50 bits per heavy atom. The lowest BCUT2D eigenvalue weighted by Gasteiger charge is -2.11. The van der Waals surface area contributed by atoms with Crippen molar-refractivity contribution in [2.45, 2.75) is 19.4 Å². The van der Waals surface area contributed by atoms with Crippen LogP contribution in [0.1, 0.15) is 29.3 Å². The van der Waals surface area contributed by atoms with Crippen molar-refractivity contribution in [3.63, 3.8) is 0 Å². The van der Waals surface area contributed by atoms with Gasteiger partial charge in [-0.25, -0.2) is 8.78 Å². The van der Waals surface area contributed by atoms with Gasteiger partial charge in [-0.15, -0.1) is 0 Å². The molecule has 3 nitrogen and oxygen atoms in total. The lowest BCUT2D eigenvalue weighted by atomic mass is 10.0. The number of nitrogens with two attached hydrogens (primary N) is 1. The predicted molar refractivity (Wildman–Crippen MR) is 55.9 cm³/mol. The summed E-state index contributed by atoms with van der Waals surface area (Å²) in [6.45, 7) is 1.50. The van der Waals surface area contributed by atoms with Crippen LogP contribution in [0.3, 0.4) is 0 Å². The summed E-state index contributed by atoms with van der Waals surface area (Å²) in [4.78, 5) is 11.6. The van der Waals surface area contributed by atoms with Gasteiger partial charge in [-0.1, -0.05) is 0 Å². The molecular weight excluding hydrogens is 216 g/mol. The van der Waals surface area contributed by atoms with Crippen LogP contribution in [0.15, 0.2) is 18.2 Å². The second-order valence-corrected chi connectivity index (χ2v) is 3.41. The first kappa shape index (κ1) is 12.6. The number of hydrogen-bond donors (Lipinski definition) is 1. The van der Waals surface area contributed by atoms with E-state index < -0.39 is 18.3 Å². The van der Waals surface area contributed by atoms with Gasteiger partial charge in [0.25, 0.3) is 6.43 Å². The van der Waals surface area contributed by atoms with Crippen molar-refractivity contribution >= 4 is 5.78 Å². The third kappa shape index (κ3) is 2.55. The van der Waals surface area contributed by atoms with E-state index in [-0.39, 0.29) is 16.9 Å². The maximum atomic E-state index is 12.5. The molecule has 2 N–H and O–H groups in total. The van der Waals surface area contributed by atoms with E-state index in [1.807, 2.05) is 0 Å². The number of alkyl halides is 2. The van der Waals surface area contributed by atoms with Crippen molar-refractivity contribution in [3.8, 4) is 5.75 Å². The van der Waals surface area contributed by atoms with E-state index in [4.69, 9.17) is 10.5 Å². The van der Waals surface area contributed by atoms with Crippen molar-refractivity contribution in [1.29, 1.82) is 0 Å². The normalized spacial score (nSPS) is 12.6. The van der Waals surface area contributed by atoms with Gasteiger partial charge in [0.2, 0.25) is 0 Å². The quantitative estimate of drug-likeness (QED) is 0.805. The average molecular weight is 229 g/mol. The first-order valence-corrected chi connectivity index (χ1v) is 4.73. The van der Waals surface area contributed by atoms with E-state index in [2.05, 4.69) is 0 Å². The van der Waals surface area contributed by atoms with Crippen LogP contribution in [-0.4, -0.2) is 18.9 Å². The molecule has 1 rings (SSSR count). The van der Waals surface area contributed by atoms with Crippen LogP contribution < -0.4 is 10.5 Å². The van der Waals surface area contributed by atoms with Crippen LogP contribution in [0.25, 0.3) is 0 Å². The Bertz CT molecular complexity index is 392. The number of Topliss-reactive ketones (excluding diaryl/α,β-unsaturated/α-hetero) is 1. The minimum Gasteiger partial charge on any atom is -0.496 e. The first-order chi connectivity index (χ1) is 7.47. The number of halogens is 2. The molecule has 0 saturated carbocycles. The average Bonchev–Trinajstić information content (AvgIpc) is 2.26. The number of methoxy groups -OCH3 is 1. The predicted octanol–water partition coefficient (Wildman–Crippen LogP) is 2.16. The highest BCUT2D eigenvalue weighted by molar-refractivity contribution is 6.02. The van der Waals surface area contributed by atoms with Crippen LogP contribution in [0.2, 0.25) is 0 Å². The van der Waals surface area contributed by atoms with Gasteiger partial charge in [0, 0.05) is 5.56 Å². The zero-order valence-electron chi connectivity index (χ0n) is 9.04. The fourth-order valence-electron chi connectivity index (χ4n) is 1.30. The molecule has 0 aliphatic carbocycles. The van der Waals surface area contributed by atoms with E-state index in [0.717, 1.165) is 6.07 Å². The molecule has 0 amide bonds. The summed E-state index contributed by atoms with van der Waals surface area (Å²) in [5.74, 6) is -0.161. The van der Waals surface area contributed by atoms with Gasteiger partial charge >= 0.3 is 0 Å². The summed E-state index contributed by atoms with van der Waals surface area (Å²) in [6.07, 6.45) is -2.62. The van der Waals surface area contributed by atoms with Gasteiger partial charge in [-0.2, -0.15) is 0 Å². The second kappa shape index (κ2) is 5.03. The van der Waals surface area contributed by atoms with Gasteiger partial charge in [-0.05, 0) is 25.1 Å². The zero-order valence-corrected chi connectivity index (χ0v) is 9.04. The number of ether oxygens (including phenoxy) is 1. The molecule has 0 saturated heterocycles. The maximum absolute atomic E-state index is 12.5. The van der Waals surface area contributed by atoms with Crippen LogP contribution in [0.4, 0.5) is 8.78 Å². The number of ketones is 1. The van der Waals surface area contributed by atoms with E-state index in [0.29, 0.717) is 0 Å². The molecule has 88 valence electrons. The number of benzene rings is 1. The van der Waals surface area contributed by atoms with Gasteiger partial charge in [0.05, 0.1) is 18.7 Å². The van der Waals surface area contributed by atoms with Crippen LogP contribution >= 0.6 is 0 Å². The topological polar surface area (TPSA) is 52.3 Å². The third-order valence-electron chi connectivity index (χ3n) is 2.15. The molecule has 0 aliphatic heterocycles. The van der Waals surface area contributed by atoms with Crippen molar-refractivity contribution in [2.24, 2.45) is 5.73 Å². The molecule has 16 heavy (non-hydrogen) atoms. The summed E-state index contributed by atoms with van der Waals surface area (Å²) in [6, 6.07) is 2.94. The summed E-state index contributed by atoms with van der Waals surface area (Å²) in [5.41, 5.74) is 5.30. The van der Waals surface area contributed by atoms with Gasteiger partial charge in [-0.3, -0.25) is 4.79 Å². The molecule has 1 atom stereocenters. The van der Waals surface area contributed by atoms with Crippen LogP contribution in [0.5, 0.6) is 5.75 Å². The standard InChI is InChI=1S/C11H13F2NO2/c1-6(14)10(15)8-5-7(11(12)13)3-4-9(8)16-2/h3-6,11H,14H2,1-2H3. The Morgan fingerprint density at radius 2 is 2.06 bits per heavy atom. The number of hydrogen-bond acceptors (Lipinski definition) is 3. The molecule has 0 radical (unpaired) electrons. The molecule has 0 fully saturated rings. The largest absolute Gasteiger partial charge is 0.496 e. The zero-order chi connectivity index (χ0) is 12.3. The summed E-state index contributed by atoms with van der Waals surface area (Å²) >= 11 is 0. The minimum atomic E-state index is -2.62. The Morgan fingerprint density at radius 1 is 1.44 bits per heavy atom. The molecule has 0 heterocycles. The van der Waals surface area contributed by atoms with Crippen LogP contribution in [0, 0.1) is 0 Å². The molecule has 1 aromatic carbocycles. The van der Waals surface area contributed by atoms with Crippen molar-refractivity contribution < 1.29 is 18.3 Å². The van der Waals surface area contributed by atoms with Crippen molar-refractivity contribution in [3.05, 3.63) is 29.3 Å². The van der Waals surface area contributed by atoms with E-state index >= 15 is 0 Å². The highest BCUT2D eigenvalue weighted by Crippen LogP contribution is 2.26. The molecule has 5 heteroatoms. The molecule has 0 bridgehead atoms. The van der Waals surface area contributed by atoms with Gasteiger partial charge in [0.15, 0.2) is 5.78 Å². The molecule has 1 aromatic rings. The van der Waals surface area contributed by atoms with E-state index in [9.17, 15) is 13.6 Å². The Kier molecular flexibility index (Phi) is 3.95. The highest BCUT2D eigenvalue weighted by atomic mass is 19.3.